The fourth-order valence-electron chi connectivity index (χ4n) is 2.11. The summed E-state index contributed by atoms with van der Waals surface area (Å²) in [6.07, 6.45) is 1.56. The van der Waals surface area contributed by atoms with Crippen molar-refractivity contribution >= 4 is 35.0 Å². The summed E-state index contributed by atoms with van der Waals surface area (Å²) >= 11 is 11.8. The fourth-order valence-corrected chi connectivity index (χ4v) is 2.43. The zero-order valence-electron chi connectivity index (χ0n) is 11.9. The number of carbonyl (C=O) groups excluding carboxylic acids is 2. The molecule has 1 aromatic carbocycles. The van der Waals surface area contributed by atoms with Crippen LogP contribution in [-0.2, 0) is 9.53 Å². The van der Waals surface area contributed by atoms with Gasteiger partial charge in [0.25, 0.3) is 5.91 Å². The van der Waals surface area contributed by atoms with Crippen LogP contribution >= 0.6 is 23.2 Å². The maximum atomic E-state index is 12.1. The van der Waals surface area contributed by atoms with Crippen LogP contribution in [0.2, 0.25) is 10.0 Å². The molecule has 8 heteroatoms. The van der Waals surface area contributed by atoms with Crippen molar-refractivity contribution in [2.75, 3.05) is 20.3 Å². The van der Waals surface area contributed by atoms with Crippen LogP contribution in [-0.4, -0.2) is 32.1 Å². The first-order valence-electron chi connectivity index (χ1n) is 6.74. The maximum Gasteiger partial charge on any atom is 0.273 e. The average Bonchev–Trinajstić information content (AvgIpc) is 2.55. The van der Waals surface area contributed by atoms with Gasteiger partial charge in [-0.25, -0.2) is 0 Å². The third-order valence-corrected chi connectivity index (χ3v) is 4.04. The maximum absolute atomic E-state index is 12.1. The van der Waals surface area contributed by atoms with Crippen molar-refractivity contribution in [2.24, 2.45) is 5.92 Å². The van der Waals surface area contributed by atoms with Crippen molar-refractivity contribution in [3.8, 4) is 5.75 Å². The summed E-state index contributed by atoms with van der Waals surface area (Å²) in [5, 5.41) is 0.498. The van der Waals surface area contributed by atoms with E-state index in [9.17, 15) is 9.59 Å². The van der Waals surface area contributed by atoms with E-state index in [1.54, 1.807) is 0 Å². The van der Waals surface area contributed by atoms with Crippen LogP contribution < -0.4 is 15.6 Å². The molecule has 1 unspecified atom stereocenters. The van der Waals surface area contributed by atoms with Gasteiger partial charge in [-0.3, -0.25) is 20.4 Å². The van der Waals surface area contributed by atoms with Gasteiger partial charge in [-0.15, -0.1) is 0 Å². The van der Waals surface area contributed by atoms with E-state index in [0.29, 0.717) is 13.2 Å². The van der Waals surface area contributed by atoms with Gasteiger partial charge in [0, 0.05) is 12.7 Å². The Morgan fingerprint density at radius 1 is 1.27 bits per heavy atom. The lowest BCUT2D eigenvalue weighted by atomic mass is 10.0. The minimum atomic E-state index is -0.541. The highest BCUT2D eigenvalue weighted by atomic mass is 35.5. The van der Waals surface area contributed by atoms with Gasteiger partial charge in [0.15, 0.2) is 0 Å². The Balaban J connectivity index is 2.00. The molecule has 1 aromatic rings. The molecule has 1 atom stereocenters. The molecule has 0 aliphatic carbocycles. The standard InChI is InChI=1S/C14H16Cl2N2O4/c1-21-12-6-11(16)10(15)5-9(12)14(20)18-17-13(19)8-3-2-4-22-7-8/h5-6,8H,2-4,7H2,1H3,(H,17,19)(H,18,20). The summed E-state index contributed by atoms with van der Waals surface area (Å²) in [5.74, 6) is -0.820. The number of amides is 2. The van der Waals surface area contributed by atoms with Gasteiger partial charge in [0.1, 0.15) is 5.75 Å². The molecule has 1 fully saturated rings. The van der Waals surface area contributed by atoms with Crippen molar-refractivity contribution in [3.05, 3.63) is 27.7 Å². The Morgan fingerprint density at radius 3 is 2.64 bits per heavy atom. The largest absolute Gasteiger partial charge is 0.496 e. The summed E-state index contributed by atoms with van der Waals surface area (Å²) in [4.78, 5) is 24.1. The second kappa shape index (κ2) is 7.67. The molecule has 0 radical (unpaired) electrons. The van der Waals surface area contributed by atoms with Gasteiger partial charge in [-0.05, 0) is 18.9 Å². The molecule has 2 rings (SSSR count). The molecule has 0 spiro atoms. The fraction of sp³-hybridized carbons (Fsp3) is 0.429. The van der Waals surface area contributed by atoms with E-state index < -0.39 is 5.91 Å². The van der Waals surface area contributed by atoms with Gasteiger partial charge in [0.2, 0.25) is 5.91 Å². The molecule has 1 saturated heterocycles. The molecule has 1 heterocycles. The molecule has 0 aromatic heterocycles. The second-order valence-electron chi connectivity index (χ2n) is 4.82. The summed E-state index contributed by atoms with van der Waals surface area (Å²) in [6, 6.07) is 2.82. The van der Waals surface area contributed by atoms with Gasteiger partial charge >= 0.3 is 0 Å². The van der Waals surface area contributed by atoms with Crippen molar-refractivity contribution in [1.82, 2.24) is 10.9 Å². The lowest BCUT2D eigenvalue weighted by molar-refractivity contribution is -0.129. The van der Waals surface area contributed by atoms with Crippen LogP contribution in [0.4, 0.5) is 0 Å². The Bertz CT molecular complexity index is 574. The predicted octanol–water partition coefficient (Wildman–Crippen LogP) is 2.19. The minimum absolute atomic E-state index is 0.178. The van der Waals surface area contributed by atoms with E-state index in [-0.39, 0.29) is 33.2 Å². The number of carbonyl (C=O) groups is 2. The van der Waals surface area contributed by atoms with E-state index in [1.807, 2.05) is 0 Å². The smallest absolute Gasteiger partial charge is 0.273 e. The van der Waals surface area contributed by atoms with Gasteiger partial charge in [-0.2, -0.15) is 0 Å². The van der Waals surface area contributed by atoms with Crippen LogP contribution in [0.25, 0.3) is 0 Å². The molecular weight excluding hydrogens is 331 g/mol. The monoisotopic (exact) mass is 346 g/mol. The first kappa shape index (κ1) is 16.9. The molecule has 1 aliphatic rings. The zero-order chi connectivity index (χ0) is 16.1. The van der Waals surface area contributed by atoms with Crippen LogP contribution in [0.3, 0.4) is 0 Å². The molecule has 2 N–H and O–H groups in total. The summed E-state index contributed by atoms with van der Waals surface area (Å²) < 4.78 is 10.3. The topological polar surface area (TPSA) is 76.7 Å². The molecule has 22 heavy (non-hydrogen) atoms. The second-order valence-corrected chi connectivity index (χ2v) is 5.64. The van der Waals surface area contributed by atoms with Gasteiger partial charge < -0.3 is 9.47 Å². The Hall–Kier alpha value is -1.50. The normalized spacial score (nSPS) is 17.7. The quantitative estimate of drug-likeness (QED) is 0.822. The summed E-state index contributed by atoms with van der Waals surface area (Å²) in [5.41, 5.74) is 4.91. The third-order valence-electron chi connectivity index (χ3n) is 3.32. The first-order chi connectivity index (χ1) is 10.5. The van der Waals surface area contributed by atoms with E-state index in [0.717, 1.165) is 12.8 Å². The molecule has 2 amide bonds. The van der Waals surface area contributed by atoms with Crippen LogP contribution in [0.15, 0.2) is 12.1 Å². The predicted molar refractivity (Wildman–Crippen MR) is 82.2 cm³/mol. The highest BCUT2D eigenvalue weighted by Crippen LogP contribution is 2.30. The van der Waals surface area contributed by atoms with E-state index in [1.165, 1.54) is 19.2 Å². The number of benzene rings is 1. The number of rotatable bonds is 3. The van der Waals surface area contributed by atoms with Crippen molar-refractivity contribution in [2.45, 2.75) is 12.8 Å². The van der Waals surface area contributed by atoms with Crippen LogP contribution in [0, 0.1) is 5.92 Å². The molecule has 6 nitrogen and oxygen atoms in total. The molecular formula is C14H16Cl2N2O4. The molecule has 0 saturated carbocycles. The summed E-state index contributed by atoms with van der Waals surface area (Å²) in [7, 11) is 1.41. The number of hydrazine groups is 1. The number of hydrogen-bond acceptors (Lipinski definition) is 4. The SMILES string of the molecule is COc1cc(Cl)c(Cl)cc1C(=O)NNC(=O)C1CCCOC1. The first-order valence-corrected chi connectivity index (χ1v) is 7.49. The number of halogens is 2. The summed E-state index contributed by atoms with van der Waals surface area (Å²) in [6.45, 7) is 1.02. The highest BCUT2D eigenvalue weighted by Gasteiger charge is 2.23. The number of nitrogens with one attached hydrogen (secondary N) is 2. The molecule has 120 valence electrons. The Kier molecular flexibility index (Phi) is 5.88. The lowest BCUT2D eigenvalue weighted by Crippen LogP contribution is -2.46. The number of hydrogen-bond donors (Lipinski definition) is 2. The lowest BCUT2D eigenvalue weighted by Gasteiger charge is -2.21. The van der Waals surface area contributed by atoms with Gasteiger partial charge in [0.05, 0.1) is 35.2 Å². The van der Waals surface area contributed by atoms with E-state index in [2.05, 4.69) is 10.9 Å². The van der Waals surface area contributed by atoms with Gasteiger partial charge in [-0.1, -0.05) is 23.2 Å². The molecule has 0 bridgehead atoms. The van der Waals surface area contributed by atoms with Crippen molar-refractivity contribution < 1.29 is 19.1 Å². The zero-order valence-corrected chi connectivity index (χ0v) is 13.5. The Labute approximate surface area is 138 Å². The Morgan fingerprint density at radius 2 is 2.00 bits per heavy atom. The third kappa shape index (κ3) is 4.03. The highest BCUT2D eigenvalue weighted by molar-refractivity contribution is 6.42. The van der Waals surface area contributed by atoms with Crippen LogP contribution in [0.1, 0.15) is 23.2 Å². The van der Waals surface area contributed by atoms with Crippen molar-refractivity contribution in [1.29, 1.82) is 0 Å². The van der Waals surface area contributed by atoms with Crippen LogP contribution in [0.5, 0.6) is 5.75 Å². The number of methoxy groups -OCH3 is 1. The average molecular weight is 347 g/mol. The number of ether oxygens (including phenoxy) is 2. The van der Waals surface area contributed by atoms with E-state index >= 15 is 0 Å². The minimum Gasteiger partial charge on any atom is -0.496 e. The molecule has 1 aliphatic heterocycles. The van der Waals surface area contributed by atoms with E-state index in [4.69, 9.17) is 32.7 Å². The van der Waals surface area contributed by atoms with Crippen molar-refractivity contribution in [3.63, 3.8) is 0 Å².